The van der Waals surface area contributed by atoms with Crippen molar-refractivity contribution in [3.63, 3.8) is 0 Å². The van der Waals surface area contributed by atoms with Crippen molar-refractivity contribution >= 4 is 16.7 Å². The smallest absolute Gasteiger partial charge is 0.306 e. The van der Waals surface area contributed by atoms with Gasteiger partial charge in [0.2, 0.25) is 0 Å². The summed E-state index contributed by atoms with van der Waals surface area (Å²) in [5, 5.41) is 18.2. The average molecular weight is 543 g/mol. The number of hydrogen-bond donors (Lipinski definition) is 3. The van der Waals surface area contributed by atoms with Gasteiger partial charge >= 0.3 is 5.97 Å². The maximum Gasteiger partial charge on any atom is 0.306 e. The zero-order valence-electron chi connectivity index (χ0n) is 22.4. The molecule has 38 heavy (non-hydrogen) atoms. The number of nitrogens with zero attached hydrogens (tertiary/aromatic N) is 4. The third kappa shape index (κ3) is 6.04. The molecule has 0 saturated carbocycles. The van der Waals surface area contributed by atoms with Gasteiger partial charge in [0, 0.05) is 19.3 Å². The van der Waals surface area contributed by atoms with E-state index < -0.39 is 22.7 Å². The number of carbonyl (C=O) groups is 1. The van der Waals surface area contributed by atoms with Crippen molar-refractivity contribution in [3.05, 3.63) is 71.0 Å². The molecule has 2 aromatic carbocycles. The Morgan fingerprint density at radius 1 is 1.21 bits per heavy atom. The van der Waals surface area contributed by atoms with Crippen LogP contribution in [0.3, 0.4) is 0 Å². The Bertz CT molecular complexity index is 1260. The van der Waals surface area contributed by atoms with Crippen LogP contribution in [-0.4, -0.2) is 52.1 Å². The average Bonchev–Trinajstić information content (AvgIpc) is 3.33. The van der Waals surface area contributed by atoms with Crippen molar-refractivity contribution in [1.82, 2.24) is 19.3 Å². The third-order valence-electron chi connectivity index (χ3n) is 7.42. The summed E-state index contributed by atoms with van der Waals surface area (Å²) in [7, 11) is -3.29. The van der Waals surface area contributed by atoms with Crippen LogP contribution in [0.1, 0.15) is 61.9 Å². The number of aliphatic carboxylic acids is 1. The van der Waals surface area contributed by atoms with E-state index in [9.17, 15) is 19.0 Å². The molecule has 0 amide bonds. The molecule has 2 unspecified atom stereocenters. The fraction of sp³-hybridized carbons (Fsp3) is 0.464. The Hall–Kier alpha value is -2.92. The van der Waals surface area contributed by atoms with Gasteiger partial charge in [0.05, 0.1) is 18.2 Å². The molecule has 0 aliphatic carbocycles. The van der Waals surface area contributed by atoms with Crippen LogP contribution in [0.4, 0.5) is 0 Å². The first kappa shape index (κ1) is 28.1. The second kappa shape index (κ2) is 11.9. The number of aryl methyl sites for hydroxylation is 3. The van der Waals surface area contributed by atoms with E-state index in [4.69, 9.17) is 4.74 Å². The number of para-hydroxylation sites is 1. The third-order valence-corrected chi connectivity index (χ3v) is 9.35. The molecule has 0 bridgehead atoms. The van der Waals surface area contributed by atoms with Crippen LogP contribution in [0, 0.1) is 12.8 Å². The monoisotopic (exact) mass is 542 g/mol. The molecule has 9 nitrogen and oxygen atoms in total. The lowest BCUT2D eigenvalue weighted by Gasteiger charge is -2.42. The number of ether oxygens (including phenoxy) is 1. The number of carboxylic acids is 1. The van der Waals surface area contributed by atoms with E-state index in [0.29, 0.717) is 36.6 Å². The van der Waals surface area contributed by atoms with Gasteiger partial charge in [-0.2, -0.15) is 4.31 Å². The Labute approximate surface area is 225 Å². The molecular formula is C28H38N4O5S. The molecule has 0 spiro atoms. The molecule has 206 valence electrons. The summed E-state index contributed by atoms with van der Waals surface area (Å²) in [5.41, 5.74) is 3.68. The van der Waals surface area contributed by atoms with Gasteiger partial charge < -0.3 is 9.84 Å². The van der Waals surface area contributed by atoms with Crippen molar-refractivity contribution < 1.29 is 23.7 Å². The molecule has 1 aromatic heterocycles. The van der Waals surface area contributed by atoms with E-state index in [0.717, 1.165) is 35.3 Å². The molecule has 3 aromatic rings. The lowest BCUT2D eigenvalue weighted by molar-refractivity contribution is -0.142. The summed E-state index contributed by atoms with van der Waals surface area (Å²) >= 11 is 0. The van der Waals surface area contributed by atoms with Crippen LogP contribution in [0.5, 0.6) is 5.75 Å². The highest BCUT2D eigenvalue weighted by molar-refractivity contribution is 8.22. The molecule has 2 heterocycles. The van der Waals surface area contributed by atoms with Crippen LogP contribution in [-0.2, 0) is 24.3 Å². The summed E-state index contributed by atoms with van der Waals surface area (Å²) in [4.78, 5) is 12.4. The molecule has 3 atom stereocenters. The summed E-state index contributed by atoms with van der Waals surface area (Å²) in [6.07, 6.45) is 3.66. The van der Waals surface area contributed by atoms with Crippen LogP contribution in [0.2, 0.25) is 0 Å². The normalized spacial score (nSPS) is 19.6. The fourth-order valence-electron chi connectivity index (χ4n) is 4.90. The van der Waals surface area contributed by atoms with E-state index in [1.165, 1.54) is 0 Å². The van der Waals surface area contributed by atoms with Gasteiger partial charge in [-0.3, -0.25) is 18.6 Å². The van der Waals surface area contributed by atoms with Crippen LogP contribution in [0.15, 0.2) is 53.6 Å². The van der Waals surface area contributed by atoms with Crippen molar-refractivity contribution in [2.75, 3.05) is 6.54 Å². The molecule has 10 heteroatoms. The quantitative estimate of drug-likeness (QED) is 0.297. The van der Waals surface area contributed by atoms with E-state index >= 15 is 0 Å². The van der Waals surface area contributed by atoms with E-state index in [2.05, 4.69) is 10.3 Å². The molecule has 0 fully saturated rings. The van der Waals surface area contributed by atoms with Gasteiger partial charge in [0.15, 0.2) is 0 Å². The number of aromatic nitrogens is 3. The SMILES string of the molecule is CC[C@@H]1CN(Cc2cc(C(CCc3cn(CC)nn3)C(C)C(=O)O)ccc2C)S(O)(O)c2ccccc2O1. The summed E-state index contributed by atoms with van der Waals surface area (Å²) in [6.45, 7) is 9.13. The topological polar surface area (TPSA) is 121 Å². The molecule has 4 rings (SSSR count). The zero-order valence-corrected chi connectivity index (χ0v) is 23.3. The number of rotatable bonds is 10. The summed E-state index contributed by atoms with van der Waals surface area (Å²) in [6, 6.07) is 13.1. The van der Waals surface area contributed by atoms with E-state index in [-0.39, 0.29) is 12.0 Å². The maximum absolute atomic E-state index is 12.0. The fourth-order valence-corrected chi connectivity index (χ4v) is 6.52. The Kier molecular flexibility index (Phi) is 8.77. The van der Waals surface area contributed by atoms with Gasteiger partial charge in [0.1, 0.15) is 16.7 Å². The highest BCUT2D eigenvalue weighted by Gasteiger charge is 2.35. The lowest BCUT2D eigenvalue weighted by Crippen LogP contribution is -2.34. The predicted octanol–water partition coefficient (Wildman–Crippen LogP) is 5.74. The minimum Gasteiger partial charge on any atom is -0.487 e. The molecule has 0 saturated heterocycles. The summed E-state index contributed by atoms with van der Waals surface area (Å²) in [5.74, 6) is -1.19. The van der Waals surface area contributed by atoms with Crippen LogP contribution in [0.25, 0.3) is 0 Å². The highest BCUT2D eigenvalue weighted by atomic mass is 32.3. The Morgan fingerprint density at radius 2 is 1.97 bits per heavy atom. The van der Waals surface area contributed by atoms with Gasteiger partial charge in [-0.25, -0.2) is 0 Å². The predicted molar refractivity (Wildman–Crippen MR) is 147 cm³/mol. The van der Waals surface area contributed by atoms with E-state index in [1.807, 2.05) is 51.2 Å². The lowest BCUT2D eigenvalue weighted by atomic mass is 9.82. The van der Waals surface area contributed by atoms with E-state index in [1.54, 1.807) is 34.1 Å². The Balaban J connectivity index is 1.64. The minimum absolute atomic E-state index is 0.190. The van der Waals surface area contributed by atoms with Crippen molar-refractivity contribution in [1.29, 1.82) is 0 Å². The first-order chi connectivity index (χ1) is 18.1. The summed E-state index contributed by atoms with van der Waals surface area (Å²) < 4.78 is 32.4. The maximum atomic E-state index is 12.0. The zero-order chi connectivity index (χ0) is 27.4. The largest absolute Gasteiger partial charge is 0.487 e. The number of benzene rings is 2. The first-order valence-electron chi connectivity index (χ1n) is 13.1. The molecular weight excluding hydrogens is 504 g/mol. The molecule has 0 radical (unpaired) electrons. The highest BCUT2D eigenvalue weighted by Crippen LogP contribution is 2.57. The minimum atomic E-state index is -3.29. The van der Waals surface area contributed by atoms with Gasteiger partial charge in [-0.15, -0.1) is 15.9 Å². The van der Waals surface area contributed by atoms with Crippen LogP contribution < -0.4 is 4.74 Å². The molecule has 3 N–H and O–H groups in total. The van der Waals surface area contributed by atoms with Crippen molar-refractivity contribution in [2.45, 2.75) is 77.0 Å². The molecule has 1 aliphatic heterocycles. The standard InChI is InChI=1S/C28H38N4O5S/c1-5-24-18-32(38(35,36)27-10-8-7-9-26(27)37-24)16-22-15-21(12-11-19(22)3)25(20(4)28(33)34)14-13-23-17-31(6-2)30-29-23/h7-12,15,17,20,24-25,35-36H,5-6,13-14,16,18H2,1-4H3,(H,33,34)/t20?,24-,25?/m1/s1. The van der Waals surface area contributed by atoms with Gasteiger partial charge in [-0.05, 0) is 67.9 Å². The number of fused-ring (bicyclic) bond motifs is 1. The van der Waals surface area contributed by atoms with Gasteiger partial charge in [0.25, 0.3) is 0 Å². The number of carboxylic acid groups (broad SMARTS) is 1. The van der Waals surface area contributed by atoms with Crippen LogP contribution >= 0.6 is 10.8 Å². The second-order valence-electron chi connectivity index (χ2n) is 9.96. The number of hydrogen-bond acceptors (Lipinski definition) is 7. The van der Waals surface area contributed by atoms with Crippen molar-refractivity contribution in [3.8, 4) is 5.75 Å². The van der Waals surface area contributed by atoms with Crippen molar-refractivity contribution in [2.24, 2.45) is 5.92 Å². The van der Waals surface area contributed by atoms with Gasteiger partial charge in [-0.1, -0.05) is 49.4 Å². The Morgan fingerprint density at radius 3 is 2.66 bits per heavy atom. The first-order valence-corrected chi connectivity index (χ1v) is 14.6. The molecule has 1 aliphatic rings. The second-order valence-corrected chi connectivity index (χ2v) is 12.0.